The average Bonchev–Trinajstić information content (AvgIpc) is 3.68. The Morgan fingerprint density at radius 3 is 2.33 bits per heavy atom. The topological polar surface area (TPSA) is 190 Å². The lowest BCUT2D eigenvalue weighted by atomic mass is 9.92. The molecule has 0 saturated carbocycles. The molecule has 16 heteroatoms. The highest BCUT2D eigenvalue weighted by Gasteiger charge is 2.38. The molecule has 1 fully saturated rings. The Morgan fingerprint density at radius 2 is 1.76 bits per heavy atom. The quantitative estimate of drug-likeness (QED) is 0.0633. The number of thiazole rings is 1. The molecule has 0 bridgehead atoms. The highest BCUT2D eigenvalue weighted by atomic mass is 32.1. The van der Waals surface area contributed by atoms with Crippen molar-refractivity contribution in [1.82, 2.24) is 25.4 Å². The Bertz CT molecular complexity index is 1750. The van der Waals surface area contributed by atoms with Crippen molar-refractivity contribution >= 4 is 46.7 Å². The third-order valence-corrected chi connectivity index (χ3v) is 11.5. The highest BCUT2D eigenvalue weighted by molar-refractivity contribution is 7.09. The van der Waals surface area contributed by atoms with E-state index in [1.165, 1.54) is 19.1 Å². The first-order valence-corrected chi connectivity index (χ1v) is 21.2. The SMILES string of the molecule is CCCN(C(=O)[C@@H](NC(=O)[C@H]1CCCCN1C)[C@@H](C)CC)[C@H](C[C@@H](OC(C)=O)c1nc(C(=O)N[C@H](/C=C(\C)C(=O)OCC)Cc2ccc([N+](=O)[O-])cc2)cs1)C(C)C. The zero-order chi connectivity index (χ0) is 43.1. The van der Waals surface area contributed by atoms with Gasteiger partial charge in [0.05, 0.1) is 23.6 Å². The molecule has 1 aliphatic rings. The Balaban J connectivity index is 1.91. The van der Waals surface area contributed by atoms with Gasteiger partial charge < -0.3 is 25.0 Å². The number of likely N-dealkylation sites (tertiary alicyclic amines) is 1. The molecular formula is C42H62N6O9S. The molecule has 320 valence electrons. The summed E-state index contributed by atoms with van der Waals surface area (Å²) in [6, 6.07) is 3.73. The van der Waals surface area contributed by atoms with Crippen LogP contribution in [0.25, 0.3) is 0 Å². The van der Waals surface area contributed by atoms with Crippen LogP contribution in [0.1, 0.15) is 121 Å². The van der Waals surface area contributed by atoms with Crippen LogP contribution in [-0.2, 0) is 35.1 Å². The molecule has 3 amide bonds. The van der Waals surface area contributed by atoms with Crippen LogP contribution in [0.4, 0.5) is 5.69 Å². The van der Waals surface area contributed by atoms with E-state index in [0.717, 1.165) is 37.1 Å². The second-order valence-electron chi connectivity index (χ2n) is 15.4. The van der Waals surface area contributed by atoms with Gasteiger partial charge in [-0.2, -0.15) is 0 Å². The molecule has 0 spiro atoms. The number of carbonyl (C=O) groups excluding carboxylic acids is 5. The van der Waals surface area contributed by atoms with Crippen LogP contribution in [0.5, 0.6) is 0 Å². The molecule has 0 aliphatic carbocycles. The van der Waals surface area contributed by atoms with Crippen LogP contribution in [-0.4, -0.2) is 100 Å². The summed E-state index contributed by atoms with van der Waals surface area (Å²) in [5.41, 5.74) is 0.930. The lowest BCUT2D eigenvalue weighted by molar-refractivity contribution is -0.384. The second kappa shape index (κ2) is 23.0. The lowest BCUT2D eigenvalue weighted by Gasteiger charge is -2.40. The minimum absolute atomic E-state index is 0.0582. The molecule has 2 aromatic rings. The molecule has 1 saturated heterocycles. The van der Waals surface area contributed by atoms with Crippen molar-refractivity contribution in [2.75, 3.05) is 26.7 Å². The summed E-state index contributed by atoms with van der Waals surface area (Å²) in [4.78, 5) is 86.1. The summed E-state index contributed by atoms with van der Waals surface area (Å²) in [6.45, 7) is 15.9. The molecular weight excluding hydrogens is 765 g/mol. The van der Waals surface area contributed by atoms with Crippen LogP contribution in [0.2, 0.25) is 0 Å². The number of ether oxygens (including phenoxy) is 2. The number of nitro benzene ring substituents is 1. The molecule has 0 radical (unpaired) electrons. The largest absolute Gasteiger partial charge is 0.463 e. The van der Waals surface area contributed by atoms with Crippen molar-refractivity contribution in [1.29, 1.82) is 0 Å². The van der Waals surface area contributed by atoms with Gasteiger partial charge in [-0.15, -0.1) is 11.3 Å². The lowest BCUT2D eigenvalue weighted by Crippen LogP contribution is -2.58. The first-order chi connectivity index (χ1) is 27.5. The zero-order valence-electron chi connectivity index (χ0n) is 35.4. The van der Waals surface area contributed by atoms with Gasteiger partial charge in [-0.1, -0.05) is 65.7 Å². The van der Waals surface area contributed by atoms with E-state index in [0.29, 0.717) is 30.0 Å². The maximum absolute atomic E-state index is 14.6. The number of piperidine rings is 1. The van der Waals surface area contributed by atoms with Gasteiger partial charge >= 0.3 is 11.9 Å². The van der Waals surface area contributed by atoms with E-state index in [1.54, 1.807) is 37.4 Å². The smallest absolute Gasteiger partial charge is 0.333 e. The van der Waals surface area contributed by atoms with E-state index >= 15 is 0 Å². The number of aromatic nitrogens is 1. The molecule has 1 aliphatic heterocycles. The van der Waals surface area contributed by atoms with E-state index in [2.05, 4.69) is 15.6 Å². The minimum Gasteiger partial charge on any atom is -0.463 e. The number of nitrogens with zero attached hydrogens (tertiary/aromatic N) is 4. The van der Waals surface area contributed by atoms with Gasteiger partial charge in [0.15, 0.2) is 6.10 Å². The van der Waals surface area contributed by atoms with Crippen molar-refractivity contribution in [3.05, 3.63) is 67.7 Å². The number of rotatable bonds is 21. The normalized spacial score (nSPS) is 17.3. The summed E-state index contributed by atoms with van der Waals surface area (Å²) in [5.74, 6) is -2.20. The predicted molar refractivity (Wildman–Crippen MR) is 222 cm³/mol. The minimum atomic E-state index is -0.891. The molecule has 2 heterocycles. The van der Waals surface area contributed by atoms with Crippen LogP contribution in [0.3, 0.4) is 0 Å². The van der Waals surface area contributed by atoms with Crippen molar-refractivity contribution in [2.45, 2.75) is 131 Å². The summed E-state index contributed by atoms with van der Waals surface area (Å²) in [5, 5.41) is 19.2. The molecule has 15 nitrogen and oxygen atoms in total. The summed E-state index contributed by atoms with van der Waals surface area (Å²) < 4.78 is 11.0. The van der Waals surface area contributed by atoms with Gasteiger partial charge in [0.1, 0.15) is 16.7 Å². The maximum atomic E-state index is 14.6. The highest BCUT2D eigenvalue weighted by Crippen LogP contribution is 2.32. The van der Waals surface area contributed by atoms with Gasteiger partial charge in [0, 0.05) is 49.0 Å². The number of non-ortho nitro benzene ring substituents is 1. The van der Waals surface area contributed by atoms with E-state index in [9.17, 15) is 34.1 Å². The van der Waals surface area contributed by atoms with Crippen molar-refractivity contribution in [3.63, 3.8) is 0 Å². The van der Waals surface area contributed by atoms with Gasteiger partial charge in [0.25, 0.3) is 11.6 Å². The number of esters is 2. The summed E-state index contributed by atoms with van der Waals surface area (Å²) in [6.07, 6.45) is 5.15. The number of hydrogen-bond acceptors (Lipinski definition) is 12. The second-order valence-corrected chi connectivity index (χ2v) is 16.3. The average molecular weight is 827 g/mol. The van der Waals surface area contributed by atoms with Crippen molar-refractivity contribution < 1.29 is 38.4 Å². The monoisotopic (exact) mass is 826 g/mol. The van der Waals surface area contributed by atoms with Crippen molar-refractivity contribution in [3.8, 4) is 0 Å². The van der Waals surface area contributed by atoms with Crippen LogP contribution in [0.15, 0.2) is 41.3 Å². The number of benzene rings is 1. The Labute approximate surface area is 346 Å². The van der Waals surface area contributed by atoms with Crippen LogP contribution in [0, 0.1) is 22.0 Å². The standard InChI is InChI=1S/C42H62N6O9S/c1-10-20-47(41(52)37(27(6)11-2)45-39(51)34-15-13-14-21-46(34)9)35(26(4)5)24-36(57-29(8)49)40-44-33(25-58-40)38(50)43-31(22-28(7)42(53)56-12-3)23-30-16-18-32(19-17-30)48(54)55/h16-19,22,25-27,31,34-37H,10-15,20-21,23-24H2,1-9H3,(H,43,50)(H,45,51)/b28-22+/t27-,31+,34+,35+,36+,37-/m0/s1. The maximum Gasteiger partial charge on any atom is 0.333 e. The number of amides is 3. The predicted octanol–water partition coefficient (Wildman–Crippen LogP) is 6.17. The van der Waals surface area contributed by atoms with E-state index in [1.807, 2.05) is 51.5 Å². The van der Waals surface area contributed by atoms with Gasteiger partial charge in [-0.05, 0) is 70.5 Å². The van der Waals surface area contributed by atoms with Crippen LogP contribution >= 0.6 is 11.3 Å². The fraction of sp³-hybridized carbons (Fsp3) is 0.619. The summed E-state index contributed by atoms with van der Waals surface area (Å²) in [7, 11) is 1.94. The summed E-state index contributed by atoms with van der Waals surface area (Å²) >= 11 is 1.15. The van der Waals surface area contributed by atoms with Gasteiger partial charge in [-0.3, -0.25) is 34.2 Å². The van der Waals surface area contributed by atoms with Crippen LogP contribution < -0.4 is 10.6 Å². The van der Waals surface area contributed by atoms with E-state index < -0.39 is 47.0 Å². The fourth-order valence-corrected chi connectivity index (χ4v) is 7.97. The number of hydrogen-bond donors (Lipinski definition) is 2. The molecule has 3 rings (SSSR count). The third-order valence-electron chi connectivity index (χ3n) is 10.5. The Kier molecular flexibility index (Phi) is 18.9. The fourth-order valence-electron chi connectivity index (χ4n) is 7.13. The van der Waals surface area contributed by atoms with E-state index in [4.69, 9.17) is 9.47 Å². The number of likely N-dealkylation sites (N-methyl/N-ethyl adjacent to an activating group) is 1. The Hall–Kier alpha value is -4.70. The van der Waals surface area contributed by atoms with Crippen molar-refractivity contribution in [2.24, 2.45) is 11.8 Å². The molecule has 1 aromatic heterocycles. The Morgan fingerprint density at radius 1 is 1.07 bits per heavy atom. The number of nitrogens with one attached hydrogen (secondary N) is 2. The first kappa shape index (κ1) is 47.7. The molecule has 58 heavy (non-hydrogen) atoms. The molecule has 2 N–H and O–H groups in total. The zero-order valence-corrected chi connectivity index (χ0v) is 36.3. The van der Waals surface area contributed by atoms with E-state index in [-0.39, 0.29) is 66.1 Å². The molecule has 1 aromatic carbocycles. The third kappa shape index (κ3) is 13.7. The number of carbonyl (C=O) groups is 5. The molecule has 6 atom stereocenters. The van der Waals surface area contributed by atoms with Gasteiger partial charge in [-0.25, -0.2) is 9.78 Å². The van der Waals surface area contributed by atoms with Gasteiger partial charge in [0.2, 0.25) is 11.8 Å². The molecule has 0 unspecified atom stereocenters. The first-order valence-electron chi connectivity index (χ1n) is 20.3. The number of nitro groups is 1.